The number of aliphatic hydroxyl groups excluding tert-OH is 1. The summed E-state index contributed by atoms with van der Waals surface area (Å²) in [5.74, 6) is -0.726. The highest BCUT2D eigenvalue weighted by Gasteiger charge is 2.30. The van der Waals surface area contributed by atoms with Gasteiger partial charge in [0, 0.05) is 25.7 Å². The van der Waals surface area contributed by atoms with Gasteiger partial charge in [0.1, 0.15) is 19.3 Å². The molecule has 0 radical (unpaired) electrons. The van der Waals surface area contributed by atoms with E-state index in [1.54, 1.807) is 0 Å². The van der Waals surface area contributed by atoms with Gasteiger partial charge in [0.25, 0.3) is 0 Å². The predicted molar refractivity (Wildman–Crippen MR) is 303 cm³/mol. The van der Waals surface area contributed by atoms with Crippen LogP contribution in [0.25, 0.3) is 0 Å². The lowest BCUT2D eigenvalue weighted by Gasteiger charge is -2.21. The van der Waals surface area contributed by atoms with E-state index < -0.39 is 97.5 Å². The van der Waals surface area contributed by atoms with Crippen LogP contribution in [0.15, 0.2) is 0 Å². The fourth-order valence-electron chi connectivity index (χ4n) is 8.47. The molecule has 456 valence electrons. The Labute approximate surface area is 467 Å². The summed E-state index contributed by atoms with van der Waals surface area (Å²) in [6, 6.07) is 0. The molecule has 0 aliphatic rings. The van der Waals surface area contributed by atoms with Crippen LogP contribution in [0.2, 0.25) is 0 Å². The number of rotatable bonds is 57. The van der Waals surface area contributed by atoms with E-state index in [-0.39, 0.29) is 25.7 Å². The summed E-state index contributed by atoms with van der Waals surface area (Å²) in [4.78, 5) is 71.7. The first kappa shape index (κ1) is 75.1. The molecule has 0 aliphatic carbocycles. The van der Waals surface area contributed by atoms with Crippen molar-refractivity contribution in [2.75, 3.05) is 39.6 Å². The number of ether oxygens (including phenoxy) is 4. The molecular weight excluding hydrogens is 1030 g/mol. The third-order valence-corrected chi connectivity index (χ3v) is 15.1. The summed E-state index contributed by atoms with van der Waals surface area (Å²) >= 11 is 0. The number of unbranched alkanes of at least 4 members (excludes halogenated alkanes) is 27. The molecule has 0 fully saturated rings. The molecule has 0 bridgehead atoms. The molecule has 0 aliphatic heterocycles. The minimum absolute atomic E-state index is 0.103. The summed E-state index contributed by atoms with van der Waals surface area (Å²) in [7, 11) is -9.87. The van der Waals surface area contributed by atoms with Gasteiger partial charge in [-0.15, -0.1) is 0 Å². The Hall–Kier alpha value is -1.94. The molecule has 77 heavy (non-hydrogen) atoms. The first-order valence-corrected chi connectivity index (χ1v) is 33.5. The van der Waals surface area contributed by atoms with Crippen LogP contribution in [0.4, 0.5) is 0 Å². The van der Waals surface area contributed by atoms with Crippen LogP contribution in [0.5, 0.6) is 0 Å². The highest BCUT2D eigenvalue weighted by atomic mass is 31.2. The molecule has 19 heteroatoms. The molecule has 0 rings (SSSR count). The van der Waals surface area contributed by atoms with Crippen LogP contribution >= 0.6 is 15.6 Å². The van der Waals surface area contributed by atoms with Crippen LogP contribution in [-0.2, 0) is 65.4 Å². The van der Waals surface area contributed by atoms with E-state index in [0.717, 1.165) is 115 Å². The second-order valence-corrected chi connectivity index (χ2v) is 24.9. The predicted octanol–water partition coefficient (Wildman–Crippen LogP) is 15.3. The van der Waals surface area contributed by atoms with E-state index in [0.29, 0.717) is 31.6 Å². The topological polar surface area (TPSA) is 237 Å². The maximum absolute atomic E-state index is 12.9. The zero-order valence-electron chi connectivity index (χ0n) is 49.2. The molecule has 5 atom stereocenters. The van der Waals surface area contributed by atoms with Gasteiger partial charge in [0.15, 0.2) is 12.2 Å². The zero-order valence-corrected chi connectivity index (χ0v) is 51.0. The van der Waals surface area contributed by atoms with Crippen molar-refractivity contribution in [3.63, 3.8) is 0 Å². The van der Waals surface area contributed by atoms with Gasteiger partial charge in [-0.2, -0.15) is 0 Å². The number of hydrogen-bond acceptors (Lipinski definition) is 15. The first-order chi connectivity index (χ1) is 36.9. The van der Waals surface area contributed by atoms with Gasteiger partial charge in [0.2, 0.25) is 0 Å². The number of phosphoric acid groups is 2. The van der Waals surface area contributed by atoms with E-state index in [9.17, 15) is 43.2 Å². The second kappa shape index (κ2) is 51.0. The number of aliphatic hydroxyl groups is 1. The van der Waals surface area contributed by atoms with Crippen LogP contribution < -0.4 is 0 Å². The Morgan fingerprint density at radius 1 is 0.351 bits per heavy atom. The summed E-state index contributed by atoms with van der Waals surface area (Å²) in [6.07, 6.45) is 30.9. The smallest absolute Gasteiger partial charge is 0.462 e. The quantitative estimate of drug-likeness (QED) is 0.0222. The number of phosphoric ester groups is 2. The fourth-order valence-corrected chi connectivity index (χ4v) is 10.0. The van der Waals surface area contributed by atoms with Crippen LogP contribution in [-0.4, -0.2) is 96.7 Å². The average Bonchev–Trinajstić information content (AvgIpc) is 3.38. The minimum Gasteiger partial charge on any atom is -0.462 e. The second-order valence-electron chi connectivity index (χ2n) is 22.0. The zero-order chi connectivity index (χ0) is 57.3. The standard InChI is InChI=1S/C58H112O17P2/c1-7-9-11-13-15-22-28-34-40-55(60)68-46-53(74-57(62)42-36-30-23-16-14-12-10-8-2)48-72-76(64,65)70-44-52(59)45-71-77(66,67)73-49-54(47-69-56(61)41-35-29-25-19-21-27-33-39-51(5)6)75-58(63)43-37-31-24-18-17-20-26-32-38-50(3)4/h50-54,59H,7-49H2,1-6H3,(H,64,65)(H,66,67)/t52-,53+,54+/m0/s1. The minimum atomic E-state index is -4.94. The Morgan fingerprint density at radius 3 is 0.883 bits per heavy atom. The van der Waals surface area contributed by atoms with Gasteiger partial charge in [-0.1, -0.05) is 228 Å². The molecule has 0 aromatic carbocycles. The molecule has 0 heterocycles. The summed E-state index contributed by atoms with van der Waals surface area (Å²) < 4.78 is 67.6. The fraction of sp³-hybridized carbons (Fsp3) is 0.931. The van der Waals surface area contributed by atoms with Crippen molar-refractivity contribution in [3.8, 4) is 0 Å². The van der Waals surface area contributed by atoms with Gasteiger partial charge >= 0.3 is 39.5 Å². The normalized spacial score (nSPS) is 14.5. The Kier molecular flexibility index (Phi) is 49.7. The third-order valence-electron chi connectivity index (χ3n) is 13.2. The maximum Gasteiger partial charge on any atom is 0.472 e. The monoisotopic (exact) mass is 1140 g/mol. The molecular formula is C58H112O17P2. The molecule has 2 unspecified atom stereocenters. The molecule has 3 N–H and O–H groups in total. The van der Waals surface area contributed by atoms with Gasteiger partial charge in [-0.05, 0) is 37.5 Å². The Balaban J connectivity index is 5.22. The van der Waals surface area contributed by atoms with Crippen molar-refractivity contribution >= 4 is 39.5 Å². The molecule has 0 saturated heterocycles. The molecule has 0 aromatic rings. The van der Waals surface area contributed by atoms with E-state index in [1.807, 2.05) is 0 Å². The van der Waals surface area contributed by atoms with E-state index in [2.05, 4.69) is 41.5 Å². The lowest BCUT2D eigenvalue weighted by atomic mass is 10.0. The van der Waals surface area contributed by atoms with E-state index >= 15 is 0 Å². The Morgan fingerprint density at radius 2 is 0.597 bits per heavy atom. The van der Waals surface area contributed by atoms with Crippen LogP contribution in [0.3, 0.4) is 0 Å². The maximum atomic E-state index is 12.9. The van der Waals surface area contributed by atoms with Crippen molar-refractivity contribution in [1.82, 2.24) is 0 Å². The lowest BCUT2D eigenvalue weighted by molar-refractivity contribution is -0.161. The Bertz CT molecular complexity index is 1530. The van der Waals surface area contributed by atoms with Crippen molar-refractivity contribution in [1.29, 1.82) is 0 Å². The van der Waals surface area contributed by atoms with Gasteiger partial charge in [-0.3, -0.25) is 37.3 Å². The van der Waals surface area contributed by atoms with Crippen LogP contribution in [0, 0.1) is 11.8 Å². The van der Waals surface area contributed by atoms with Gasteiger partial charge in [0.05, 0.1) is 26.4 Å². The van der Waals surface area contributed by atoms with Crippen molar-refractivity contribution in [3.05, 3.63) is 0 Å². The summed E-state index contributed by atoms with van der Waals surface area (Å²) in [5.41, 5.74) is 0. The lowest BCUT2D eigenvalue weighted by Crippen LogP contribution is -2.30. The molecule has 0 saturated carbocycles. The van der Waals surface area contributed by atoms with Crippen molar-refractivity contribution in [2.45, 2.75) is 297 Å². The van der Waals surface area contributed by atoms with Crippen LogP contribution in [0.1, 0.15) is 279 Å². The molecule has 17 nitrogen and oxygen atoms in total. The number of carbonyl (C=O) groups excluding carboxylic acids is 4. The molecule has 0 spiro atoms. The van der Waals surface area contributed by atoms with Gasteiger partial charge < -0.3 is 33.8 Å². The largest absolute Gasteiger partial charge is 0.472 e. The van der Waals surface area contributed by atoms with Crippen molar-refractivity contribution < 1.29 is 80.2 Å². The molecule has 0 amide bonds. The number of esters is 4. The first-order valence-electron chi connectivity index (χ1n) is 30.5. The van der Waals surface area contributed by atoms with E-state index in [4.69, 9.17) is 37.0 Å². The number of carbonyl (C=O) groups is 4. The third kappa shape index (κ3) is 53.2. The van der Waals surface area contributed by atoms with Crippen molar-refractivity contribution in [2.24, 2.45) is 11.8 Å². The summed E-state index contributed by atoms with van der Waals surface area (Å²) in [6.45, 7) is 9.29. The highest BCUT2D eigenvalue weighted by Crippen LogP contribution is 2.45. The highest BCUT2D eigenvalue weighted by molar-refractivity contribution is 7.47. The summed E-state index contributed by atoms with van der Waals surface area (Å²) in [5, 5.41) is 10.5. The SMILES string of the molecule is CCCCCCCCCCC(=O)OC[C@H](COP(=O)(O)OC[C@H](O)COP(=O)(O)OC[C@@H](COC(=O)CCCCCCCCCC(C)C)OC(=O)CCCCCCCCCCC(C)C)OC(=O)CCCCCCCCCC. The number of hydrogen-bond donors (Lipinski definition) is 3. The molecule has 0 aromatic heterocycles. The average molecular weight is 1140 g/mol. The van der Waals surface area contributed by atoms with Gasteiger partial charge in [-0.25, -0.2) is 9.13 Å². The van der Waals surface area contributed by atoms with E-state index in [1.165, 1.54) is 77.0 Å².